The van der Waals surface area contributed by atoms with Gasteiger partial charge in [-0.05, 0) is 6.42 Å². The lowest BCUT2D eigenvalue weighted by Crippen LogP contribution is -2.36. The average Bonchev–Trinajstić information content (AvgIpc) is 1.81. The highest BCUT2D eigenvalue weighted by Gasteiger charge is 2.58. The van der Waals surface area contributed by atoms with Gasteiger partial charge in [0.05, 0.1) is 0 Å². The van der Waals surface area contributed by atoms with Gasteiger partial charge in [0.25, 0.3) is 0 Å². The first-order chi connectivity index (χ1) is 3.96. The summed E-state index contributed by atoms with van der Waals surface area (Å²) < 4.78 is 36.2. The SMILES string of the molecule is [O]C1(F)CCCC1(F)F. The third-order valence-corrected chi connectivity index (χ3v) is 1.54. The van der Waals surface area contributed by atoms with E-state index in [4.69, 9.17) is 0 Å². The van der Waals surface area contributed by atoms with Crippen molar-refractivity contribution in [1.82, 2.24) is 0 Å². The fraction of sp³-hybridized carbons (Fsp3) is 1.00. The number of alkyl halides is 3. The van der Waals surface area contributed by atoms with E-state index in [9.17, 15) is 18.3 Å². The van der Waals surface area contributed by atoms with Gasteiger partial charge in [0, 0.05) is 12.8 Å². The van der Waals surface area contributed by atoms with E-state index in [0.29, 0.717) is 0 Å². The van der Waals surface area contributed by atoms with Gasteiger partial charge in [0.15, 0.2) is 0 Å². The molecule has 1 nitrogen and oxygen atoms in total. The molecule has 53 valence electrons. The van der Waals surface area contributed by atoms with Gasteiger partial charge in [-0.25, -0.2) is 13.2 Å². The molecule has 1 saturated carbocycles. The molecular formula is C5H6F3O. The van der Waals surface area contributed by atoms with Crippen LogP contribution in [0.25, 0.3) is 0 Å². The van der Waals surface area contributed by atoms with Crippen LogP contribution in [0.15, 0.2) is 0 Å². The molecular weight excluding hydrogens is 133 g/mol. The highest BCUT2D eigenvalue weighted by atomic mass is 19.3. The number of hydrogen-bond acceptors (Lipinski definition) is 0. The standard InChI is InChI=1S/C5H6F3O/c6-4(7)2-1-3-5(4,8)9/h1-3H2. The van der Waals surface area contributed by atoms with E-state index in [0.717, 1.165) is 0 Å². The lowest BCUT2D eigenvalue weighted by molar-refractivity contribution is -0.263. The zero-order valence-corrected chi connectivity index (χ0v) is 4.66. The maximum absolute atomic E-state index is 12.1. The molecule has 0 aliphatic heterocycles. The third kappa shape index (κ3) is 0.913. The van der Waals surface area contributed by atoms with Gasteiger partial charge in [0.1, 0.15) is 0 Å². The van der Waals surface area contributed by atoms with Crippen molar-refractivity contribution in [3.05, 3.63) is 0 Å². The van der Waals surface area contributed by atoms with Crippen molar-refractivity contribution >= 4 is 0 Å². The summed E-state index contributed by atoms with van der Waals surface area (Å²) in [5, 5.41) is 10.1. The summed E-state index contributed by atoms with van der Waals surface area (Å²) in [6.07, 6.45) is -1.17. The first kappa shape index (κ1) is 6.86. The molecule has 0 saturated heterocycles. The monoisotopic (exact) mass is 139 g/mol. The molecule has 1 aliphatic rings. The van der Waals surface area contributed by atoms with Crippen LogP contribution in [0.2, 0.25) is 0 Å². The second-order valence-electron chi connectivity index (χ2n) is 2.29. The van der Waals surface area contributed by atoms with Crippen molar-refractivity contribution in [1.29, 1.82) is 0 Å². The van der Waals surface area contributed by atoms with Crippen molar-refractivity contribution < 1.29 is 18.3 Å². The lowest BCUT2D eigenvalue weighted by Gasteiger charge is -2.17. The zero-order valence-electron chi connectivity index (χ0n) is 4.66. The normalized spacial score (nSPS) is 41.3. The van der Waals surface area contributed by atoms with Crippen LogP contribution >= 0.6 is 0 Å². The Morgan fingerprint density at radius 1 is 1.11 bits per heavy atom. The van der Waals surface area contributed by atoms with Gasteiger partial charge >= 0.3 is 11.8 Å². The first-order valence-electron chi connectivity index (χ1n) is 2.73. The van der Waals surface area contributed by atoms with Crippen LogP contribution in [0.1, 0.15) is 19.3 Å². The molecule has 0 heterocycles. The molecule has 0 aromatic rings. The van der Waals surface area contributed by atoms with Crippen LogP contribution in [0.3, 0.4) is 0 Å². The molecule has 1 rings (SSSR count). The topological polar surface area (TPSA) is 19.9 Å². The Morgan fingerprint density at radius 2 is 1.67 bits per heavy atom. The molecule has 0 aromatic carbocycles. The van der Waals surface area contributed by atoms with Gasteiger partial charge in [-0.2, -0.15) is 5.11 Å². The van der Waals surface area contributed by atoms with Crippen LogP contribution in [0.5, 0.6) is 0 Å². The third-order valence-electron chi connectivity index (χ3n) is 1.54. The van der Waals surface area contributed by atoms with E-state index in [1.807, 2.05) is 0 Å². The Bertz CT molecular complexity index is 107. The Labute approximate surface area is 50.5 Å². The predicted molar refractivity (Wildman–Crippen MR) is 23.3 cm³/mol. The molecule has 0 bridgehead atoms. The zero-order chi connectivity index (χ0) is 7.12. The molecule has 1 radical (unpaired) electrons. The van der Waals surface area contributed by atoms with Crippen molar-refractivity contribution in [2.24, 2.45) is 0 Å². The average molecular weight is 139 g/mol. The smallest absolute Gasteiger partial charge is 0.202 e. The molecule has 0 aromatic heterocycles. The number of hydrogen-bond donors (Lipinski definition) is 0. The van der Waals surface area contributed by atoms with Crippen molar-refractivity contribution in [2.75, 3.05) is 0 Å². The fourth-order valence-corrected chi connectivity index (χ4v) is 0.907. The van der Waals surface area contributed by atoms with Gasteiger partial charge < -0.3 is 0 Å². The summed E-state index contributed by atoms with van der Waals surface area (Å²) in [6, 6.07) is 0. The summed E-state index contributed by atoms with van der Waals surface area (Å²) >= 11 is 0. The maximum atomic E-state index is 12.1. The number of rotatable bonds is 0. The van der Waals surface area contributed by atoms with Crippen LogP contribution in [-0.2, 0) is 5.11 Å². The fourth-order valence-electron chi connectivity index (χ4n) is 0.907. The van der Waals surface area contributed by atoms with Crippen LogP contribution in [0, 0.1) is 0 Å². The summed E-state index contributed by atoms with van der Waals surface area (Å²) in [4.78, 5) is 0. The van der Waals surface area contributed by atoms with Gasteiger partial charge in [-0.1, -0.05) is 0 Å². The minimum absolute atomic E-state index is 0.00694. The Kier molecular flexibility index (Phi) is 1.24. The predicted octanol–water partition coefficient (Wildman–Crippen LogP) is 1.90. The van der Waals surface area contributed by atoms with Gasteiger partial charge in [-0.15, -0.1) is 0 Å². The van der Waals surface area contributed by atoms with Crippen molar-refractivity contribution in [3.63, 3.8) is 0 Å². The largest absolute Gasteiger partial charge is 0.308 e. The maximum Gasteiger partial charge on any atom is 0.308 e. The molecule has 1 atom stereocenters. The number of halogens is 3. The summed E-state index contributed by atoms with van der Waals surface area (Å²) in [5.74, 6) is -7.12. The summed E-state index contributed by atoms with van der Waals surface area (Å²) in [7, 11) is 0. The quantitative estimate of drug-likeness (QED) is 0.488. The molecule has 0 spiro atoms. The minimum Gasteiger partial charge on any atom is -0.202 e. The van der Waals surface area contributed by atoms with E-state index in [-0.39, 0.29) is 6.42 Å². The highest BCUT2D eigenvalue weighted by molar-refractivity contribution is 4.89. The Hall–Kier alpha value is -0.250. The van der Waals surface area contributed by atoms with E-state index >= 15 is 0 Å². The summed E-state index contributed by atoms with van der Waals surface area (Å²) in [5.41, 5.74) is 0. The molecule has 0 N–H and O–H groups in total. The van der Waals surface area contributed by atoms with E-state index in [2.05, 4.69) is 0 Å². The molecule has 9 heavy (non-hydrogen) atoms. The molecule has 1 fully saturated rings. The second-order valence-corrected chi connectivity index (χ2v) is 2.29. The van der Waals surface area contributed by atoms with E-state index in [1.54, 1.807) is 0 Å². The highest BCUT2D eigenvalue weighted by Crippen LogP contribution is 2.44. The van der Waals surface area contributed by atoms with Crippen molar-refractivity contribution in [3.8, 4) is 0 Å². The summed E-state index contributed by atoms with van der Waals surface area (Å²) in [6.45, 7) is 0. The van der Waals surface area contributed by atoms with E-state index in [1.165, 1.54) is 0 Å². The molecule has 4 heteroatoms. The van der Waals surface area contributed by atoms with Gasteiger partial charge in [-0.3, -0.25) is 0 Å². The molecule has 1 unspecified atom stereocenters. The van der Waals surface area contributed by atoms with Crippen molar-refractivity contribution in [2.45, 2.75) is 31.0 Å². The van der Waals surface area contributed by atoms with E-state index < -0.39 is 24.6 Å². The van der Waals surface area contributed by atoms with Crippen LogP contribution in [0.4, 0.5) is 13.2 Å². The molecule has 0 amide bonds. The Balaban J connectivity index is 2.75. The minimum atomic E-state index is -3.63. The first-order valence-corrected chi connectivity index (χ1v) is 2.73. The lowest BCUT2D eigenvalue weighted by atomic mass is 10.2. The Morgan fingerprint density at radius 3 is 1.78 bits per heavy atom. The van der Waals surface area contributed by atoms with Crippen LogP contribution in [-0.4, -0.2) is 11.8 Å². The van der Waals surface area contributed by atoms with Gasteiger partial charge in [0.2, 0.25) is 0 Å². The van der Waals surface area contributed by atoms with Crippen LogP contribution < -0.4 is 0 Å². The molecule has 1 aliphatic carbocycles. The second kappa shape index (κ2) is 1.62.